The summed E-state index contributed by atoms with van der Waals surface area (Å²) in [5.74, 6) is 0.483. The molecule has 0 aromatic heterocycles. The second-order valence-corrected chi connectivity index (χ2v) is 9.95. The number of nitrogens with zero attached hydrogens (tertiary/aromatic N) is 3. The van der Waals surface area contributed by atoms with Crippen LogP contribution >= 0.6 is 11.8 Å². The number of hydrogen-bond acceptors (Lipinski definition) is 5. The van der Waals surface area contributed by atoms with Gasteiger partial charge in [0.15, 0.2) is 0 Å². The Labute approximate surface area is 199 Å². The maximum atomic E-state index is 13.3. The zero-order valence-corrected chi connectivity index (χ0v) is 19.8. The van der Waals surface area contributed by atoms with Gasteiger partial charge in [0.25, 0.3) is 5.91 Å². The van der Waals surface area contributed by atoms with Crippen molar-refractivity contribution in [1.29, 1.82) is 0 Å². The van der Waals surface area contributed by atoms with Gasteiger partial charge in [0, 0.05) is 56.5 Å². The minimum Gasteiger partial charge on any atom is -0.377 e. The average Bonchev–Trinajstić information content (AvgIpc) is 3.53. The van der Waals surface area contributed by atoms with Gasteiger partial charge in [0.1, 0.15) is 0 Å². The summed E-state index contributed by atoms with van der Waals surface area (Å²) in [7, 11) is 0. The Hall–Kier alpha value is -2.35. The standard InChI is InChI=1S/C26H31N3O3S/c30-25(29-12-11-20-6-1-3-9-23(20)29)19-33-24-10-4-2-8-22(24)26(31)28-15-13-27(14-16-28)18-21-7-5-17-32-21/h1-4,6,8-10,21H,5,7,11-19H2. The fourth-order valence-electron chi connectivity index (χ4n) is 4.96. The van der Waals surface area contributed by atoms with Gasteiger partial charge in [-0.05, 0) is 43.0 Å². The van der Waals surface area contributed by atoms with Gasteiger partial charge in [0.05, 0.1) is 17.4 Å². The first-order valence-corrected chi connectivity index (χ1v) is 12.9. The van der Waals surface area contributed by atoms with E-state index in [0.29, 0.717) is 17.4 Å². The lowest BCUT2D eigenvalue weighted by atomic mass is 10.1. The summed E-state index contributed by atoms with van der Waals surface area (Å²) >= 11 is 1.47. The predicted octanol–water partition coefficient (Wildman–Crippen LogP) is 3.30. The molecule has 1 unspecified atom stereocenters. The Bertz CT molecular complexity index is 1000. The summed E-state index contributed by atoms with van der Waals surface area (Å²) in [4.78, 5) is 33.4. The van der Waals surface area contributed by atoms with Crippen molar-refractivity contribution in [2.75, 3.05) is 56.5 Å². The van der Waals surface area contributed by atoms with Crippen molar-refractivity contribution in [3.8, 4) is 0 Å². The van der Waals surface area contributed by atoms with Crippen LogP contribution in [0.25, 0.3) is 0 Å². The van der Waals surface area contributed by atoms with Gasteiger partial charge in [0.2, 0.25) is 5.91 Å². The zero-order chi connectivity index (χ0) is 22.6. The van der Waals surface area contributed by atoms with Crippen LogP contribution in [0.4, 0.5) is 5.69 Å². The van der Waals surface area contributed by atoms with E-state index >= 15 is 0 Å². The number of rotatable bonds is 6. The van der Waals surface area contributed by atoms with Gasteiger partial charge in [-0.3, -0.25) is 14.5 Å². The molecular formula is C26H31N3O3S. The molecule has 0 saturated carbocycles. The van der Waals surface area contributed by atoms with E-state index in [0.717, 1.165) is 75.7 Å². The van der Waals surface area contributed by atoms with E-state index in [-0.39, 0.29) is 11.8 Å². The first-order valence-electron chi connectivity index (χ1n) is 11.9. The Kier molecular flexibility index (Phi) is 6.99. The second kappa shape index (κ2) is 10.3. The summed E-state index contributed by atoms with van der Waals surface area (Å²) in [6.45, 7) is 5.81. The van der Waals surface area contributed by atoms with E-state index in [9.17, 15) is 9.59 Å². The second-order valence-electron chi connectivity index (χ2n) is 8.94. The normalized spacial score (nSPS) is 20.8. The summed E-state index contributed by atoms with van der Waals surface area (Å²) in [6.07, 6.45) is 3.56. The molecule has 2 aromatic carbocycles. The SMILES string of the molecule is O=C(c1ccccc1SCC(=O)N1CCc2ccccc21)N1CCN(CC2CCCO2)CC1. The van der Waals surface area contributed by atoms with Gasteiger partial charge in [-0.15, -0.1) is 11.8 Å². The molecule has 174 valence electrons. The summed E-state index contributed by atoms with van der Waals surface area (Å²) in [5.41, 5.74) is 2.95. The molecule has 0 aliphatic carbocycles. The number of fused-ring (bicyclic) bond motifs is 1. The lowest BCUT2D eigenvalue weighted by Gasteiger charge is -2.36. The monoisotopic (exact) mass is 465 g/mol. The lowest BCUT2D eigenvalue weighted by molar-refractivity contribution is -0.116. The Morgan fingerprint density at radius 3 is 2.58 bits per heavy atom. The van der Waals surface area contributed by atoms with Gasteiger partial charge < -0.3 is 14.5 Å². The molecule has 3 aliphatic heterocycles. The number of ether oxygens (including phenoxy) is 1. The first-order chi connectivity index (χ1) is 16.2. The Morgan fingerprint density at radius 1 is 0.970 bits per heavy atom. The summed E-state index contributed by atoms with van der Waals surface area (Å²) in [5, 5.41) is 0. The van der Waals surface area contributed by atoms with Crippen LogP contribution in [0.5, 0.6) is 0 Å². The molecule has 0 bridgehead atoms. The molecule has 2 fully saturated rings. The number of piperazine rings is 1. The van der Waals surface area contributed by atoms with Crippen molar-refractivity contribution in [2.24, 2.45) is 0 Å². The maximum absolute atomic E-state index is 13.3. The summed E-state index contributed by atoms with van der Waals surface area (Å²) < 4.78 is 5.76. The molecule has 0 N–H and O–H groups in total. The largest absolute Gasteiger partial charge is 0.377 e. The minimum absolute atomic E-state index is 0.0637. The molecule has 1 atom stereocenters. The zero-order valence-electron chi connectivity index (χ0n) is 18.9. The Morgan fingerprint density at radius 2 is 1.76 bits per heavy atom. The maximum Gasteiger partial charge on any atom is 0.255 e. The van der Waals surface area contributed by atoms with Crippen molar-refractivity contribution < 1.29 is 14.3 Å². The van der Waals surface area contributed by atoms with E-state index in [4.69, 9.17) is 4.74 Å². The van der Waals surface area contributed by atoms with Crippen LogP contribution in [0, 0.1) is 0 Å². The molecular weight excluding hydrogens is 434 g/mol. The molecule has 2 amide bonds. The van der Waals surface area contributed by atoms with Crippen molar-refractivity contribution in [2.45, 2.75) is 30.3 Å². The van der Waals surface area contributed by atoms with E-state index in [1.165, 1.54) is 17.3 Å². The number of amides is 2. The van der Waals surface area contributed by atoms with Crippen LogP contribution in [-0.2, 0) is 16.0 Å². The fraction of sp³-hybridized carbons (Fsp3) is 0.462. The molecule has 3 heterocycles. The van der Waals surface area contributed by atoms with E-state index < -0.39 is 0 Å². The predicted molar refractivity (Wildman–Crippen MR) is 131 cm³/mol. The number of hydrogen-bond donors (Lipinski definition) is 0. The third-order valence-corrected chi connectivity index (χ3v) is 7.86. The molecule has 3 aliphatic rings. The quantitative estimate of drug-likeness (QED) is 0.613. The highest BCUT2D eigenvalue weighted by Crippen LogP contribution is 2.30. The highest BCUT2D eigenvalue weighted by molar-refractivity contribution is 8.00. The topological polar surface area (TPSA) is 53.1 Å². The van der Waals surface area contributed by atoms with Gasteiger partial charge in [-0.2, -0.15) is 0 Å². The van der Waals surface area contributed by atoms with Crippen LogP contribution in [0.15, 0.2) is 53.4 Å². The average molecular weight is 466 g/mol. The minimum atomic E-state index is 0.0637. The third kappa shape index (κ3) is 5.10. The summed E-state index contributed by atoms with van der Waals surface area (Å²) in [6, 6.07) is 15.8. The first kappa shape index (κ1) is 22.4. The molecule has 0 spiro atoms. The molecule has 0 radical (unpaired) electrons. The van der Waals surface area contributed by atoms with Crippen LogP contribution in [0.3, 0.4) is 0 Å². The molecule has 7 heteroatoms. The number of carbonyl (C=O) groups excluding carboxylic acids is 2. The van der Waals surface area contributed by atoms with E-state index in [2.05, 4.69) is 11.0 Å². The van der Waals surface area contributed by atoms with E-state index in [1.54, 1.807) is 0 Å². The van der Waals surface area contributed by atoms with Gasteiger partial charge in [-0.1, -0.05) is 30.3 Å². The van der Waals surface area contributed by atoms with Crippen LogP contribution in [0.1, 0.15) is 28.8 Å². The molecule has 6 nitrogen and oxygen atoms in total. The van der Waals surface area contributed by atoms with Crippen LogP contribution < -0.4 is 4.90 Å². The highest BCUT2D eigenvalue weighted by atomic mass is 32.2. The van der Waals surface area contributed by atoms with E-state index in [1.807, 2.05) is 52.3 Å². The van der Waals surface area contributed by atoms with Gasteiger partial charge >= 0.3 is 0 Å². The van der Waals surface area contributed by atoms with Crippen molar-refractivity contribution >= 4 is 29.3 Å². The van der Waals surface area contributed by atoms with Crippen LogP contribution in [0.2, 0.25) is 0 Å². The third-order valence-electron chi connectivity index (χ3n) is 6.80. The fourth-order valence-corrected chi connectivity index (χ4v) is 5.88. The number of thioether (sulfide) groups is 1. The number of carbonyl (C=O) groups is 2. The smallest absolute Gasteiger partial charge is 0.255 e. The molecule has 2 saturated heterocycles. The lowest BCUT2D eigenvalue weighted by Crippen LogP contribution is -2.50. The highest BCUT2D eigenvalue weighted by Gasteiger charge is 2.28. The number of anilines is 1. The number of para-hydroxylation sites is 1. The molecule has 5 rings (SSSR count). The molecule has 2 aromatic rings. The van der Waals surface area contributed by atoms with Gasteiger partial charge in [-0.25, -0.2) is 0 Å². The molecule has 33 heavy (non-hydrogen) atoms. The number of benzene rings is 2. The van der Waals surface area contributed by atoms with Crippen molar-refractivity contribution in [3.63, 3.8) is 0 Å². The van der Waals surface area contributed by atoms with Crippen LogP contribution in [-0.4, -0.2) is 79.3 Å². The Balaban J connectivity index is 1.18. The van der Waals surface area contributed by atoms with Crippen molar-refractivity contribution in [3.05, 3.63) is 59.7 Å². The van der Waals surface area contributed by atoms with Crippen molar-refractivity contribution in [1.82, 2.24) is 9.80 Å².